The second-order valence-corrected chi connectivity index (χ2v) is 3.77. The van der Waals surface area contributed by atoms with Gasteiger partial charge in [0.25, 0.3) is 0 Å². The Labute approximate surface area is 97.9 Å². The highest BCUT2D eigenvalue weighted by Crippen LogP contribution is 2.09. The van der Waals surface area contributed by atoms with E-state index in [0.717, 1.165) is 5.69 Å². The van der Waals surface area contributed by atoms with Gasteiger partial charge in [-0.05, 0) is 37.3 Å². The third kappa shape index (κ3) is 3.14. The minimum atomic E-state index is -0.328. The summed E-state index contributed by atoms with van der Waals surface area (Å²) in [6.45, 7) is 1.87. The lowest BCUT2D eigenvalue weighted by Crippen LogP contribution is -2.14. The first-order valence-electron chi connectivity index (χ1n) is 5.20. The third-order valence-electron chi connectivity index (χ3n) is 2.23. The lowest BCUT2D eigenvalue weighted by molar-refractivity contribution is -0.115. The standard InChI is InChI=1S/C12H12FN3O/c1-8-6-11(16-15-8)7-12(17)14-10-4-2-9(13)3-5-10/h2-6H,7H2,1H3,(H,14,17)(H,15,16). The molecule has 17 heavy (non-hydrogen) atoms. The van der Waals surface area contributed by atoms with E-state index >= 15 is 0 Å². The van der Waals surface area contributed by atoms with Crippen LogP contribution in [0.2, 0.25) is 0 Å². The van der Waals surface area contributed by atoms with Gasteiger partial charge in [-0.25, -0.2) is 4.39 Å². The van der Waals surface area contributed by atoms with Crippen LogP contribution in [0.25, 0.3) is 0 Å². The lowest BCUT2D eigenvalue weighted by Gasteiger charge is -2.03. The Kier molecular flexibility index (Phi) is 3.18. The molecule has 0 aliphatic rings. The van der Waals surface area contributed by atoms with Gasteiger partial charge in [0, 0.05) is 11.4 Å². The number of carbonyl (C=O) groups is 1. The van der Waals surface area contributed by atoms with Crippen molar-refractivity contribution in [3.63, 3.8) is 0 Å². The number of benzene rings is 1. The van der Waals surface area contributed by atoms with E-state index in [4.69, 9.17) is 0 Å². The monoisotopic (exact) mass is 233 g/mol. The Morgan fingerprint density at radius 3 is 2.71 bits per heavy atom. The molecule has 0 fully saturated rings. The van der Waals surface area contributed by atoms with Crippen molar-refractivity contribution in [3.05, 3.63) is 47.5 Å². The van der Waals surface area contributed by atoms with Crippen molar-refractivity contribution in [3.8, 4) is 0 Å². The molecule has 0 spiro atoms. The van der Waals surface area contributed by atoms with E-state index in [9.17, 15) is 9.18 Å². The van der Waals surface area contributed by atoms with Gasteiger partial charge in [0.15, 0.2) is 0 Å². The van der Waals surface area contributed by atoms with Crippen LogP contribution in [0.3, 0.4) is 0 Å². The van der Waals surface area contributed by atoms with E-state index in [2.05, 4.69) is 15.5 Å². The number of aromatic amines is 1. The maximum absolute atomic E-state index is 12.6. The van der Waals surface area contributed by atoms with Gasteiger partial charge in [-0.15, -0.1) is 0 Å². The summed E-state index contributed by atoms with van der Waals surface area (Å²) in [5.41, 5.74) is 2.17. The molecule has 0 bridgehead atoms. The summed E-state index contributed by atoms with van der Waals surface area (Å²) >= 11 is 0. The first-order chi connectivity index (χ1) is 8.13. The molecular formula is C12H12FN3O. The molecule has 2 rings (SSSR count). The van der Waals surface area contributed by atoms with Gasteiger partial charge in [0.2, 0.25) is 5.91 Å². The lowest BCUT2D eigenvalue weighted by atomic mass is 10.2. The van der Waals surface area contributed by atoms with Crippen LogP contribution >= 0.6 is 0 Å². The van der Waals surface area contributed by atoms with Crippen LogP contribution in [-0.2, 0) is 11.2 Å². The molecule has 0 saturated heterocycles. The molecule has 1 aromatic carbocycles. The van der Waals surface area contributed by atoms with Crippen molar-refractivity contribution in [1.82, 2.24) is 10.2 Å². The number of rotatable bonds is 3. The maximum Gasteiger partial charge on any atom is 0.230 e. The molecule has 88 valence electrons. The maximum atomic E-state index is 12.6. The van der Waals surface area contributed by atoms with E-state index in [1.807, 2.05) is 13.0 Å². The highest BCUT2D eigenvalue weighted by Gasteiger charge is 2.06. The average molecular weight is 233 g/mol. The smallest absolute Gasteiger partial charge is 0.230 e. The largest absolute Gasteiger partial charge is 0.326 e. The summed E-state index contributed by atoms with van der Waals surface area (Å²) in [4.78, 5) is 11.6. The van der Waals surface area contributed by atoms with Gasteiger partial charge >= 0.3 is 0 Å². The molecule has 0 saturated carbocycles. The Morgan fingerprint density at radius 2 is 2.12 bits per heavy atom. The first-order valence-corrected chi connectivity index (χ1v) is 5.20. The number of hydrogen-bond donors (Lipinski definition) is 2. The van der Waals surface area contributed by atoms with Crippen LogP contribution in [0.1, 0.15) is 11.4 Å². The highest BCUT2D eigenvalue weighted by atomic mass is 19.1. The molecule has 1 heterocycles. The highest BCUT2D eigenvalue weighted by molar-refractivity contribution is 5.91. The number of nitrogens with one attached hydrogen (secondary N) is 2. The number of hydrogen-bond acceptors (Lipinski definition) is 2. The van der Waals surface area contributed by atoms with E-state index < -0.39 is 0 Å². The second-order valence-electron chi connectivity index (χ2n) is 3.77. The van der Waals surface area contributed by atoms with Gasteiger partial charge in [-0.2, -0.15) is 5.10 Å². The Balaban J connectivity index is 1.95. The third-order valence-corrected chi connectivity index (χ3v) is 2.23. The van der Waals surface area contributed by atoms with Crippen molar-refractivity contribution in [2.24, 2.45) is 0 Å². The number of carbonyl (C=O) groups excluding carboxylic acids is 1. The van der Waals surface area contributed by atoms with Crippen LogP contribution in [0, 0.1) is 12.7 Å². The van der Waals surface area contributed by atoms with Crippen molar-refractivity contribution in [2.45, 2.75) is 13.3 Å². The van der Waals surface area contributed by atoms with Gasteiger partial charge < -0.3 is 5.32 Å². The molecule has 0 aliphatic carbocycles. The van der Waals surface area contributed by atoms with E-state index in [-0.39, 0.29) is 18.1 Å². The Hall–Kier alpha value is -2.17. The van der Waals surface area contributed by atoms with Crippen LogP contribution < -0.4 is 5.32 Å². The summed E-state index contributed by atoms with van der Waals surface area (Å²) in [5, 5.41) is 9.40. The minimum Gasteiger partial charge on any atom is -0.326 e. The Bertz CT molecular complexity index is 519. The molecule has 0 radical (unpaired) electrons. The quantitative estimate of drug-likeness (QED) is 0.852. The fourth-order valence-electron chi connectivity index (χ4n) is 1.47. The van der Waals surface area contributed by atoms with Gasteiger partial charge in [0.1, 0.15) is 5.82 Å². The average Bonchev–Trinajstić information content (AvgIpc) is 2.67. The van der Waals surface area contributed by atoms with E-state index in [0.29, 0.717) is 11.4 Å². The fraction of sp³-hybridized carbons (Fsp3) is 0.167. The number of nitrogens with zero attached hydrogens (tertiary/aromatic N) is 1. The summed E-state index contributed by atoms with van der Waals surface area (Å²) in [6.07, 6.45) is 0.196. The fourth-order valence-corrected chi connectivity index (χ4v) is 1.47. The molecule has 5 heteroatoms. The van der Waals surface area contributed by atoms with Crippen LogP contribution in [-0.4, -0.2) is 16.1 Å². The van der Waals surface area contributed by atoms with Crippen molar-refractivity contribution in [2.75, 3.05) is 5.32 Å². The molecular weight excluding hydrogens is 221 g/mol. The molecule has 2 aromatic rings. The summed E-state index contributed by atoms with van der Waals surface area (Å²) in [7, 11) is 0. The van der Waals surface area contributed by atoms with Crippen molar-refractivity contribution >= 4 is 11.6 Å². The van der Waals surface area contributed by atoms with Crippen molar-refractivity contribution in [1.29, 1.82) is 0 Å². The van der Waals surface area contributed by atoms with E-state index in [1.165, 1.54) is 24.3 Å². The summed E-state index contributed by atoms with van der Waals surface area (Å²) in [5.74, 6) is -0.506. The van der Waals surface area contributed by atoms with Gasteiger partial charge in [-0.1, -0.05) is 0 Å². The summed E-state index contributed by atoms with van der Waals surface area (Å²) in [6, 6.07) is 7.44. The van der Waals surface area contributed by atoms with Crippen LogP contribution in [0.4, 0.5) is 10.1 Å². The molecule has 4 nitrogen and oxygen atoms in total. The van der Waals surface area contributed by atoms with Gasteiger partial charge in [0.05, 0.1) is 12.1 Å². The topological polar surface area (TPSA) is 57.8 Å². The first kappa shape index (κ1) is 11.3. The molecule has 1 amide bonds. The zero-order valence-electron chi connectivity index (χ0n) is 9.33. The number of H-pyrrole nitrogens is 1. The van der Waals surface area contributed by atoms with Crippen molar-refractivity contribution < 1.29 is 9.18 Å². The minimum absolute atomic E-state index is 0.178. The second kappa shape index (κ2) is 4.78. The SMILES string of the molecule is Cc1cc(CC(=O)Nc2ccc(F)cc2)n[nH]1. The zero-order valence-corrected chi connectivity index (χ0v) is 9.33. The van der Waals surface area contributed by atoms with Gasteiger partial charge in [-0.3, -0.25) is 9.89 Å². The van der Waals surface area contributed by atoms with E-state index in [1.54, 1.807) is 0 Å². The normalized spacial score (nSPS) is 10.2. The van der Waals surface area contributed by atoms with Crippen LogP contribution in [0.5, 0.6) is 0 Å². The molecule has 2 N–H and O–H groups in total. The number of amides is 1. The summed E-state index contributed by atoms with van der Waals surface area (Å²) < 4.78 is 12.6. The zero-order chi connectivity index (χ0) is 12.3. The number of halogens is 1. The predicted octanol–water partition coefficient (Wildman–Crippen LogP) is 2.04. The molecule has 0 aliphatic heterocycles. The van der Waals surface area contributed by atoms with Crippen LogP contribution in [0.15, 0.2) is 30.3 Å². The molecule has 0 atom stereocenters. The number of aryl methyl sites for hydroxylation is 1. The number of aromatic nitrogens is 2. The molecule has 1 aromatic heterocycles. The Morgan fingerprint density at radius 1 is 1.41 bits per heavy atom. The predicted molar refractivity (Wildman–Crippen MR) is 62.1 cm³/mol. The number of anilines is 1. The molecule has 0 unspecified atom stereocenters.